The Balaban J connectivity index is 1.82. The van der Waals surface area contributed by atoms with Crippen molar-refractivity contribution in [3.05, 3.63) is 83.4 Å². The standard InChI is InChI=1S/C25H24ClNO4/c1-31-25(30)24(29)27(16-6-5-9-18-7-3-2-4-8-18)22-17-20(12-15-23(22)28)19-10-13-21(26)14-11-19/h2-4,7-8,10-15,17,28H,5-6,9,16H2,1H3. The first-order valence-corrected chi connectivity index (χ1v) is 10.4. The number of aromatic hydroxyl groups is 1. The number of benzene rings is 3. The normalized spacial score (nSPS) is 10.5. The number of rotatable bonds is 7. The number of carbonyl (C=O) groups excluding carboxylic acids is 2. The van der Waals surface area contributed by atoms with Crippen molar-refractivity contribution in [1.82, 2.24) is 0 Å². The molecule has 3 rings (SSSR count). The topological polar surface area (TPSA) is 66.8 Å². The van der Waals surface area contributed by atoms with Gasteiger partial charge in [-0.2, -0.15) is 0 Å². The van der Waals surface area contributed by atoms with Gasteiger partial charge in [0.25, 0.3) is 0 Å². The molecule has 3 aromatic rings. The number of amides is 1. The van der Waals surface area contributed by atoms with Gasteiger partial charge in [0.15, 0.2) is 0 Å². The maximum absolute atomic E-state index is 12.7. The Bertz CT molecular complexity index is 1040. The van der Waals surface area contributed by atoms with Gasteiger partial charge >= 0.3 is 11.9 Å². The van der Waals surface area contributed by atoms with Crippen LogP contribution in [0.15, 0.2) is 72.8 Å². The van der Waals surface area contributed by atoms with Crippen LogP contribution in [0.1, 0.15) is 18.4 Å². The highest BCUT2D eigenvalue weighted by Crippen LogP contribution is 2.33. The Morgan fingerprint density at radius 3 is 2.29 bits per heavy atom. The summed E-state index contributed by atoms with van der Waals surface area (Å²) in [6.45, 7) is 0.276. The summed E-state index contributed by atoms with van der Waals surface area (Å²) in [5.41, 5.74) is 3.14. The molecule has 6 heteroatoms. The fraction of sp³-hybridized carbons (Fsp3) is 0.200. The number of hydrogen-bond acceptors (Lipinski definition) is 4. The van der Waals surface area contributed by atoms with Gasteiger partial charge in [-0.25, -0.2) is 4.79 Å². The predicted octanol–water partition coefficient (Wildman–Crippen LogP) is 5.24. The van der Waals surface area contributed by atoms with Crippen LogP contribution in [-0.2, 0) is 20.7 Å². The van der Waals surface area contributed by atoms with E-state index < -0.39 is 11.9 Å². The summed E-state index contributed by atoms with van der Waals surface area (Å²) in [4.78, 5) is 26.0. The molecule has 0 unspecified atom stereocenters. The largest absolute Gasteiger partial charge is 0.506 e. The van der Waals surface area contributed by atoms with Crippen LogP contribution in [-0.4, -0.2) is 30.6 Å². The van der Waals surface area contributed by atoms with Gasteiger partial charge in [0.2, 0.25) is 0 Å². The van der Waals surface area contributed by atoms with Gasteiger partial charge in [0.1, 0.15) is 5.75 Å². The Hall–Kier alpha value is -3.31. The third-order valence-corrected chi connectivity index (χ3v) is 5.24. The summed E-state index contributed by atoms with van der Waals surface area (Å²) in [5, 5.41) is 11.1. The van der Waals surface area contributed by atoms with E-state index in [1.807, 2.05) is 30.3 Å². The van der Waals surface area contributed by atoms with Crippen molar-refractivity contribution in [3.8, 4) is 16.9 Å². The third kappa shape index (κ3) is 5.86. The monoisotopic (exact) mass is 437 g/mol. The van der Waals surface area contributed by atoms with E-state index in [9.17, 15) is 14.7 Å². The van der Waals surface area contributed by atoms with Gasteiger partial charge in [0.05, 0.1) is 12.8 Å². The summed E-state index contributed by atoms with van der Waals surface area (Å²) in [6.07, 6.45) is 2.34. The maximum Gasteiger partial charge on any atom is 0.397 e. The van der Waals surface area contributed by atoms with Crippen LogP contribution in [0.4, 0.5) is 5.69 Å². The maximum atomic E-state index is 12.7. The number of ether oxygens (including phenoxy) is 1. The van der Waals surface area contributed by atoms with E-state index in [2.05, 4.69) is 16.9 Å². The molecule has 0 aliphatic heterocycles. The Morgan fingerprint density at radius 2 is 1.61 bits per heavy atom. The van der Waals surface area contributed by atoms with Gasteiger partial charge in [-0.1, -0.05) is 60.1 Å². The minimum atomic E-state index is -0.973. The van der Waals surface area contributed by atoms with E-state index in [4.69, 9.17) is 11.6 Å². The number of methoxy groups -OCH3 is 1. The van der Waals surface area contributed by atoms with Gasteiger partial charge in [-0.15, -0.1) is 0 Å². The van der Waals surface area contributed by atoms with Crippen molar-refractivity contribution >= 4 is 29.2 Å². The molecule has 0 saturated carbocycles. The number of esters is 1. The van der Waals surface area contributed by atoms with Gasteiger partial charge < -0.3 is 9.84 Å². The molecule has 160 valence electrons. The molecule has 1 N–H and O–H groups in total. The van der Waals surface area contributed by atoms with E-state index in [1.165, 1.54) is 16.5 Å². The summed E-state index contributed by atoms with van der Waals surface area (Å²) in [7, 11) is 1.16. The molecule has 0 spiro atoms. The Morgan fingerprint density at radius 1 is 0.935 bits per heavy atom. The lowest BCUT2D eigenvalue weighted by Crippen LogP contribution is -2.38. The third-order valence-electron chi connectivity index (χ3n) is 4.99. The van der Waals surface area contributed by atoms with Gasteiger partial charge in [-0.3, -0.25) is 9.69 Å². The number of carbonyl (C=O) groups is 2. The zero-order valence-electron chi connectivity index (χ0n) is 17.3. The Kier molecular flexibility index (Phi) is 7.68. The van der Waals surface area contributed by atoms with E-state index >= 15 is 0 Å². The smallest absolute Gasteiger partial charge is 0.397 e. The highest BCUT2D eigenvalue weighted by atomic mass is 35.5. The molecule has 0 fully saturated rings. The number of hydrogen-bond donors (Lipinski definition) is 1. The molecular weight excluding hydrogens is 414 g/mol. The predicted molar refractivity (Wildman–Crippen MR) is 122 cm³/mol. The molecule has 5 nitrogen and oxygen atoms in total. The molecule has 31 heavy (non-hydrogen) atoms. The van der Waals surface area contributed by atoms with E-state index in [0.717, 1.165) is 31.1 Å². The molecule has 0 heterocycles. The lowest BCUT2D eigenvalue weighted by molar-refractivity contribution is -0.151. The minimum Gasteiger partial charge on any atom is -0.506 e. The molecule has 1 amide bonds. The lowest BCUT2D eigenvalue weighted by Gasteiger charge is -2.23. The average Bonchev–Trinajstić information content (AvgIpc) is 2.80. The van der Waals surface area contributed by atoms with E-state index in [1.54, 1.807) is 24.3 Å². The fourth-order valence-electron chi connectivity index (χ4n) is 3.33. The van der Waals surface area contributed by atoms with Crippen molar-refractivity contribution in [2.24, 2.45) is 0 Å². The fourth-order valence-corrected chi connectivity index (χ4v) is 3.46. The second kappa shape index (κ2) is 10.6. The molecular formula is C25H24ClNO4. The summed E-state index contributed by atoms with van der Waals surface area (Å²) in [5.74, 6) is -1.87. The zero-order chi connectivity index (χ0) is 22.2. The lowest BCUT2D eigenvalue weighted by atomic mass is 10.0. The molecule has 0 aliphatic rings. The number of anilines is 1. The Labute approximate surface area is 186 Å². The molecule has 0 saturated heterocycles. The zero-order valence-corrected chi connectivity index (χ0v) is 18.0. The summed E-state index contributed by atoms with van der Waals surface area (Å²) in [6, 6.07) is 22.2. The summed E-state index contributed by atoms with van der Waals surface area (Å²) >= 11 is 5.97. The van der Waals surface area contributed by atoms with Crippen molar-refractivity contribution in [2.45, 2.75) is 19.3 Å². The highest BCUT2D eigenvalue weighted by molar-refractivity contribution is 6.38. The number of nitrogens with zero attached hydrogens (tertiary/aromatic N) is 1. The molecule has 0 aromatic heterocycles. The van der Waals surface area contributed by atoms with Crippen molar-refractivity contribution in [3.63, 3.8) is 0 Å². The first-order valence-electron chi connectivity index (χ1n) is 10.0. The number of phenols is 1. The second-order valence-electron chi connectivity index (χ2n) is 7.10. The minimum absolute atomic E-state index is 0.0852. The highest BCUT2D eigenvalue weighted by Gasteiger charge is 2.26. The van der Waals surface area contributed by atoms with E-state index in [0.29, 0.717) is 11.4 Å². The number of aryl methyl sites for hydroxylation is 1. The van der Waals surface area contributed by atoms with E-state index in [-0.39, 0.29) is 18.0 Å². The quantitative estimate of drug-likeness (QED) is 0.312. The SMILES string of the molecule is COC(=O)C(=O)N(CCCCc1ccccc1)c1cc(-c2ccc(Cl)cc2)ccc1O. The summed E-state index contributed by atoms with van der Waals surface area (Å²) < 4.78 is 4.63. The molecule has 3 aromatic carbocycles. The van der Waals surface area contributed by atoms with Gasteiger partial charge in [0, 0.05) is 11.6 Å². The van der Waals surface area contributed by atoms with Crippen LogP contribution in [0.3, 0.4) is 0 Å². The number of phenolic OH excluding ortho intramolecular Hbond substituents is 1. The average molecular weight is 438 g/mol. The molecule has 0 radical (unpaired) electrons. The van der Waals surface area contributed by atoms with Gasteiger partial charge in [-0.05, 0) is 60.2 Å². The number of halogens is 1. The van der Waals surface area contributed by atoms with Crippen molar-refractivity contribution in [2.75, 3.05) is 18.6 Å². The van der Waals surface area contributed by atoms with Crippen LogP contribution < -0.4 is 4.90 Å². The molecule has 0 bridgehead atoms. The van der Waals surface area contributed by atoms with Crippen LogP contribution in [0, 0.1) is 0 Å². The first-order chi connectivity index (χ1) is 15.0. The first kappa shape index (κ1) is 22.4. The molecule has 0 aliphatic carbocycles. The number of unbranched alkanes of at least 4 members (excludes halogenated alkanes) is 1. The second-order valence-corrected chi connectivity index (χ2v) is 7.54. The molecule has 0 atom stereocenters. The van der Waals surface area contributed by atoms with Crippen LogP contribution >= 0.6 is 11.6 Å². The van der Waals surface area contributed by atoms with Crippen LogP contribution in [0.25, 0.3) is 11.1 Å². The van der Waals surface area contributed by atoms with Crippen molar-refractivity contribution in [1.29, 1.82) is 0 Å². The van der Waals surface area contributed by atoms with Crippen LogP contribution in [0.2, 0.25) is 5.02 Å². The van der Waals surface area contributed by atoms with Crippen LogP contribution in [0.5, 0.6) is 5.75 Å². The van der Waals surface area contributed by atoms with Crippen molar-refractivity contribution < 1.29 is 19.4 Å².